The minimum atomic E-state index is -0.196. The lowest BCUT2D eigenvalue weighted by atomic mass is 10.2. The van der Waals surface area contributed by atoms with E-state index in [0.717, 1.165) is 0 Å². The van der Waals surface area contributed by atoms with E-state index >= 15 is 0 Å². The number of halogens is 2. The second-order valence-electron chi connectivity index (χ2n) is 3.99. The number of esters is 1. The lowest BCUT2D eigenvalue weighted by Crippen LogP contribution is -2.05. The largest absolute Gasteiger partial charge is 0.466 e. The number of furan rings is 2. The molecule has 0 amide bonds. The quantitative estimate of drug-likeness (QED) is 0.764. The minimum Gasteiger partial charge on any atom is -0.466 e. The molecule has 5 heteroatoms. The Labute approximate surface area is 110 Å². The van der Waals surface area contributed by atoms with Gasteiger partial charge in [0.1, 0.15) is 21.2 Å². The van der Waals surface area contributed by atoms with E-state index in [-0.39, 0.29) is 5.97 Å². The second kappa shape index (κ2) is 6.12. The van der Waals surface area contributed by atoms with Crippen LogP contribution in [0, 0.1) is 5.92 Å². The van der Waals surface area contributed by atoms with Gasteiger partial charge in [0.05, 0.1) is 6.61 Å². The van der Waals surface area contributed by atoms with Crippen molar-refractivity contribution in [2.75, 3.05) is 6.61 Å². The van der Waals surface area contributed by atoms with Crippen molar-refractivity contribution in [3.63, 3.8) is 0 Å². The number of hydrogen-bond donors (Lipinski definition) is 0. The van der Waals surface area contributed by atoms with E-state index in [2.05, 4.69) is 4.74 Å². The van der Waals surface area contributed by atoms with E-state index in [0.29, 0.717) is 33.7 Å². The van der Waals surface area contributed by atoms with Crippen LogP contribution in [-0.4, -0.2) is 12.6 Å². The molecule has 0 saturated heterocycles. The highest BCUT2D eigenvalue weighted by Crippen LogP contribution is 2.36. The summed E-state index contributed by atoms with van der Waals surface area (Å²) in [6.45, 7) is 5.96. The van der Waals surface area contributed by atoms with Gasteiger partial charge in [-0.25, -0.2) is 0 Å². The van der Waals surface area contributed by atoms with E-state index < -0.39 is 0 Å². The first-order valence-electron chi connectivity index (χ1n) is 5.21. The van der Waals surface area contributed by atoms with Crippen LogP contribution < -0.4 is 0 Å². The van der Waals surface area contributed by atoms with Crippen LogP contribution >= 0.6 is 23.2 Å². The summed E-state index contributed by atoms with van der Waals surface area (Å²) in [7, 11) is 0. The molecule has 0 spiro atoms. The summed E-state index contributed by atoms with van der Waals surface area (Å²) in [6.07, 6.45) is 0. The Morgan fingerprint density at radius 2 is 1.76 bits per heavy atom. The van der Waals surface area contributed by atoms with Gasteiger partial charge in [-0.3, -0.25) is 4.79 Å². The van der Waals surface area contributed by atoms with Gasteiger partial charge in [-0.1, -0.05) is 37.0 Å². The highest BCUT2D eigenvalue weighted by Gasteiger charge is 2.11. The fourth-order valence-corrected chi connectivity index (χ4v) is 1.46. The summed E-state index contributed by atoms with van der Waals surface area (Å²) >= 11 is 11.3. The SMILES string of the molecule is CC(=O)OCC(C)C.Clc1c(Cl)c2ccc1o2. The van der Waals surface area contributed by atoms with E-state index in [1.165, 1.54) is 6.92 Å². The van der Waals surface area contributed by atoms with Gasteiger partial charge in [0.15, 0.2) is 0 Å². The molecule has 0 aliphatic rings. The molecule has 0 aromatic carbocycles. The predicted molar refractivity (Wildman–Crippen MR) is 68.9 cm³/mol. The van der Waals surface area contributed by atoms with E-state index in [9.17, 15) is 4.79 Å². The Kier molecular flexibility index (Phi) is 5.09. The van der Waals surface area contributed by atoms with Crippen molar-refractivity contribution in [1.29, 1.82) is 0 Å². The van der Waals surface area contributed by atoms with Crippen molar-refractivity contribution < 1.29 is 13.9 Å². The maximum atomic E-state index is 10.1. The van der Waals surface area contributed by atoms with Crippen molar-refractivity contribution in [1.82, 2.24) is 0 Å². The molecule has 3 nitrogen and oxygen atoms in total. The molecule has 0 atom stereocenters. The zero-order chi connectivity index (χ0) is 13.0. The van der Waals surface area contributed by atoms with Gasteiger partial charge in [0.25, 0.3) is 0 Å². The maximum Gasteiger partial charge on any atom is 0.302 e. The molecule has 0 saturated carbocycles. The fourth-order valence-electron chi connectivity index (χ4n) is 1.07. The van der Waals surface area contributed by atoms with Gasteiger partial charge < -0.3 is 9.15 Å². The predicted octanol–water partition coefficient (Wildman–Crippen LogP) is 4.38. The first-order chi connectivity index (χ1) is 7.91. The third-order valence-electron chi connectivity index (χ3n) is 1.85. The van der Waals surface area contributed by atoms with Crippen molar-refractivity contribution in [3.05, 3.63) is 22.2 Å². The second-order valence-corrected chi connectivity index (χ2v) is 4.74. The van der Waals surface area contributed by atoms with Crippen LogP contribution in [0.1, 0.15) is 20.8 Å². The lowest BCUT2D eigenvalue weighted by molar-refractivity contribution is -0.141. The van der Waals surface area contributed by atoms with Crippen LogP contribution in [0.4, 0.5) is 0 Å². The van der Waals surface area contributed by atoms with Crippen LogP contribution in [0.2, 0.25) is 10.0 Å². The highest BCUT2D eigenvalue weighted by molar-refractivity contribution is 6.46. The number of hydrogen-bond acceptors (Lipinski definition) is 3. The van der Waals surface area contributed by atoms with Gasteiger partial charge in [-0.05, 0) is 18.1 Å². The Hall–Kier alpha value is -0.930. The molecule has 2 aromatic rings. The van der Waals surface area contributed by atoms with Gasteiger partial charge in [-0.15, -0.1) is 0 Å². The zero-order valence-corrected chi connectivity index (χ0v) is 11.4. The Morgan fingerprint density at radius 1 is 1.29 bits per heavy atom. The third-order valence-corrected chi connectivity index (χ3v) is 2.70. The lowest BCUT2D eigenvalue weighted by Gasteiger charge is -2.02. The Bertz CT molecular complexity index is 446. The normalized spacial score (nSPS) is 10.5. The fraction of sp³-hybridized carbons (Fsp3) is 0.417. The van der Waals surface area contributed by atoms with Crippen LogP contribution in [0.15, 0.2) is 16.5 Å². The van der Waals surface area contributed by atoms with E-state index in [4.69, 9.17) is 27.6 Å². The molecule has 94 valence electrons. The smallest absolute Gasteiger partial charge is 0.302 e. The molecule has 2 aromatic heterocycles. The summed E-state index contributed by atoms with van der Waals surface area (Å²) in [4.78, 5) is 10.1. The van der Waals surface area contributed by atoms with E-state index in [1.807, 2.05) is 13.8 Å². The molecule has 0 aliphatic carbocycles. The number of carbonyl (C=O) groups is 1. The highest BCUT2D eigenvalue weighted by atomic mass is 35.5. The molecule has 0 fully saturated rings. The number of benzene rings is 1. The molecule has 0 unspecified atom stereocenters. The van der Waals surface area contributed by atoms with Crippen LogP contribution in [-0.2, 0) is 9.53 Å². The molecule has 0 radical (unpaired) electrons. The monoisotopic (exact) mass is 276 g/mol. The number of ether oxygens (including phenoxy) is 1. The average molecular weight is 277 g/mol. The third kappa shape index (κ3) is 4.10. The molecular formula is C12H14Cl2O3. The molecule has 2 bridgehead atoms. The van der Waals surface area contributed by atoms with Crippen molar-refractivity contribution in [2.24, 2.45) is 5.92 Å². The van der Waals surface area contributed by atoms with Crippen molar-refractivity contribution >= 4 is 40.3 Å². The molecule has 0 N–H and O–H groups in total. The topological polar surface area (TPSA) is 39.4 Å². The summed E-state index contributed by atoms with van der Waals surface area (Å²) in [5, 5.41) is 1.04. The zero-order valence-electron chi connectivity index (χ0n) is 9.92. The number of carbonyl (C=O) groups excluding carboxylic acids is 1. The van der Waals surface area contributed by atoms with Crippen molar-refractivity contribution in [2.45, 2.75) is 20.8 Å². The van der Waals surface area contributed by atoms with Gasteiger partial charge in [0, 0.05) is 6.92 Å². The number of fused-ring (bicyclic) bond motifs is 2. The first kappa shape index (κ1) is 14.1. The summed E-state index contributed by atoms with van der Waals surface area (Å²) in [5.74, 6) is 0.248. The summed E-state index contributed by atoms with van der Waals surface area (Å²) in [5.41, 5.74) is 1.33. The maximum absolute atomic E-state index is 10.1. The van der Waals surface area contributed by atoms with Crippen molar-refractivity contribution in [3.8, 4) is 0 Å². The van der Waals surface area contributed by atoms with Gasteiger partial charge in [0.2, 0.25) is 0 Å². The number of rotatable bonds is 2. The summed E-state index contributed by atoms with van der Waals surface area (Å²) in [6, 6.07) is 3.59. The van der Waals surface area contributed by atoms with Crippen LogP contribution in [0.5, 0.6) is 0 Å². The van der Waals surface area contributed by atoms with Crippen LogP contribution in [0.3, 0.4) is 0 Å². The van der Waals surface area contributed by atoms with Crippen LogP contribution in [0.25, 0.3) is 11.2 Å². The molecule has 2 rings (SSSR count). The molecular weight excluding hydrogens is 263 g/mol. The summed E-state index contributed by atoms with van der Waals surface area (Å²) < 4.78 is 9.75. The van der Waals surface area contributed by atoms with E-state index in [1.54, 1.807) is 12.1 Å². The van der Waals surface area contributed by atoms with Gasteiger partial charge in [-0.2, -0.15) is 0 Å². The molecule has 17 heavy (non-hydrogen) atoms. The minimum absolute atomic E-state index is 0.196. The average Bonchev–Trinajstić information content (AvgIpc) is 2.82. The Morgan fingerprint density at radius 3 is 1.94 bits per heavy atom. The molecule has 0 aliphatic heterocycles. The standard InChI is InChI=1S/C6H2Cl2O.C6H12O2/c7-5-3-1-2-4(9-3)6(5)8;1-5(2)4-8-6(3)7/h1-2H;5H,4H2,1-3H3. The first-order valence-corrected chi connectivity index (χ1v) is 5.96. The Balaban J connectivity index is 0.000000172. The van der Waals surface area contributed by atoms with Gasteiger partial charge >= 0.3 is 5.97 Å². The molecule has 2 heterocycles.